The first kappa shape index (κ1) is 11.6. The van der Waals surface area contributed by atoms with Crippen molar-refractivity contribution in [3.63, 3.8) is 0 Å². The van der Waals surface area contributed by atoms with Gasteiger partial charge in [0.1, 0.15) is 11.2 Å². The third kappa shape index (κ3) is 3.40. The molecule has 0 saturated heterocycles. The van der Waals surface area contributed by atoms with Crippen LogP contribution in [0.2, 0.25) is 0 Å². The lowest BCUT2D eigenvalue weighted by atomic mass is 9.80. The molecule has 46 heavy (non-hydrogen) atoms. The molecule has 0 atom stereocenters. The van der Waals surface area contributed by atoms with E-state index in [-0.39, 0.29) is 27.6 Å². The Morgan fingerprint density at radius 2 is 1.00 bits per heavy atom. The summed E-state index contributed by atoms with van der Waals surface area (Å²) in [4.78, 5) is 0. The predicted octanol–water partition coefficient (Wildman–Crippen LogP) is 12.7. The van der Waals surface area contributed by atoms with E-state index in [0.717, 1.165) is 0 Å². The van der Waals surface area contributed by atoms with Crippen LogP contribution in [0.25, 0.3) is 87.6 Å². The van der Waals surface area contributed by atoms with Crippen LogP contribution in [0, 0.1) is 0 Å². The van der Waals surface area contributed by atoms with Crippen LogP contribution in [0.3, 0.4) is 0 Å². The molecule has 0 unspecified atom stereocenters. The Balaban J connectivity index is 1.50. The van der Waals surface area contributed by atoms with Crippen molar-refractivity contribution in [2.45, 2.75) is 19.3 Å². The van der Waals surface area contributed by atoms with Gasteiger partial charge in [-0.1, -0.05) is 135 Å². The minimum atomic E-state index is -1.51. The molecule has 0 bridgehead atoms. The molecule has 1 aromatic heterocycles. The maximum Gasteiger partial charge on any atom is 0.136 e. The molecule has 1 aliphatic carbocycles. The normalized spacial score (nSPS) is 20.9. The van der Waals surface area contributed by atoms with E-state index < -0.39 is 222 Å². The van der Waals surface area contributed by atoms with Crippen LogP contribution in [0.5, 0.6) is 0 Å². The van der Waals surface area contributed by atoms with E-state index in [0.29, 0.717) is 0 Å². The van der Waals surface area contributed by atoms with Crippen molar-refractivity contribution in [3.05, 3.63) is 156 Å². The molecule has 0 radical (unpaired) electrons. The topological polar surface area (TPSA) is 13.1 Å². The zero-order valence-electron chi connectivity index (χ0n) is 47.9. The molecular weight excluding hydrogens is 556 g/mol. The molecule has 0 N–H and O–H groups in total. The summed E-state index contributed by atoms with van der Waals surface area (Å²) >= 11 is 0. The molecule has 216 valence electrons. The van der Waals surface area contributed by atoms with Gasteiger partial charge in [0.25, 0.3) is 0 Å². The minimum absolute atomic E-state index is 0.0000896. The number of fused-ring (bicyclic) bond motifs is 10. The highest BCUT2D eigenvalue weighted by molar-refractivity contribution is 6.23. The van der Waals surface area contributed by atoms with Gasteiger partial charge in [-0.25, -0.2) is 0 Å². The van der Waals surface area contributed by atoms with Gasteiger partial charge in [-0.2, -0.15) is 0 Å². The van der Waals surface area contributed by atoms with Crippen molar-refractivity contribution >= 4 is 54.3 Å². The molecule has 0 amide bonds. The third-order valence-electron chi connectivity index (χ3n) is 8.57. The molecule has 1 aliphatic rings. The van der Waals surface area contributed by atoms with Gasteiger partial charge in [-0.3, -0.25) is 0 Å². The van der Waals surface area contributed by atoms with E-state index >= 15 is 0 Å². The Kier molecular flexibility index (Phi) is 2.32. The summed E-state index contributed by atoms with van der Waals surface area (Å²) in [5, 5.41) is -4.09. The molecule has 0 fully saturated rings. The fraction of sp³-hybridized carbons (Fsp3) is 0.0667. The zero-order valence-corrected chi connectivity index (χ0v) is 23.9. The number of benzene rings is 8. The number of hydrogen-bond acceptors (Lipinski definition) is 1. The summed E-state index contributed by atoms with van der Waals surface area (Å²) in [5.41, 5.74) is -5.45. The van der Waals surface area contributed by atoms with Crippen molar-refractivity contribution in [2.24, 2.45) is 0 Å². The zero-order chi connectivity index (χ0) is 51.5. The second-order valence-corrected chi connectivity index (χ2v) is 11.4. The van der Waals surface area contributed by atoms with Crippen LogP contribution in [0.1, 0.15) is 57.9 Å². The van der Waals surface area contributed by atoms with E-state index in [9.17, 15) is 13.7 Å². The predicted molar refractivity (Wildman–Crippen MR) is 195 cm³/mol. The van der Waals surface area contributed by atoms with Gasteiger partial charge >= 0.3 is 0 Å². The van der Waals surface area contributed by atoms with Gasteiger partial charge in [0, 0.05) is 16.2 Å². The number of rotatable bonds is 2. The second-order valence-electron chi connectivity index (χ2n) is 11.4. The van der Waals surface area contributed by atoms with Gasteiger partial charge in [0.15, 0.2) is 0 Å². The monoisotopic (exact) mass is 610 g/mol. The van der Waals surface area contributed by atoms with Crippen molar-refractivity contribution in [2.75, 3.05) is 0 Å². The van der Waals surface area contributed by atoms with Gasteiger partial charge in [0.05, 0.1) is 32.9 Å². The standard InChI is InChI=1S/C45H30O/c1-45(2)38-18-10-9-13-31(38)32-22-19-29(26-39(32)45)43-35-16-7-5-14-33(35)42(34-15-6-8-17-36(34)43)28-21-23-40-37(25-28)44-30-12-4-3-11-27(30)20-24-41(44)46-40/h3-26H,1-2H3/i3D,4D,5D,6D,7D,8D,9D,10D,11D,12D,13D,14D,15D,16D,17D,18D,19D,20D,21D,22D,23D,24D,25D,26D. The fourth-order valence-corrected chi connectivity index (χ4v) is 6.48. The maximum atomic E-state index is 9.91. The van der Waals surface area contributed by atoms with Crippen molar-refractivity contribution in [1.29, 1.82) is 0 Å². The van der Waals surface area contributed by atoms with E-state index in [1.807, 2.05) is 0 Å². The summed E-state index contributed by atoms with van der Waals surface area (Å²) in [6.07, 6.45) is 0. The van der Waals surface area contributed by atoms with Crippen molar-refractivity contribution in [1.82, 2.24) is 0 Å². The average Bonchev–Trinajstić information content (AvgIpc) is 3.84. The van der Waals surface area contributed by atoms with Crippen LogP contribution in [0.15, 0.2) is 149 Å². The van der Waals surface area contributed by atoms with E-state index in [1.54, 1.807) is 0 Å². The molecule has 1 nitrogen and oxygen atoms in total. The Labute approximate surface area is 301 Å². The summed E-state index contributed by atoms with van der Waals surface area (Å²) in [6.45, 7) is 3.06. The SMILES string of the molecule is [2H]c1c([2H])c([2H])c2c(c1[2H])-c1c([2H])c([2H])c(-c3c4c([2H])c([2H])c([2H])c([2H])c4c(-c4c([2H])c([2H])c5oc6c([2H])c([2H])c7c([2H])c([2H])c([2H])c([2H])c7c6c5c4[2H])c4c([2H])c([2H])c([2H])c([2H])c34)c([2H])c1C2(C)C. The summed E-state index contributed by atoms with van der Waals surface area (Å²) in [5.74, 6) is 0. The smallest absolute Gasteiger partial charge is 0.136 e. The summed E-state index contributed by atoms with van der Waals surface area (Å²) in [6, 6.07) is -18.5. The van der Waals surface area contributed by atoms with Crippen LogP contribution < -0.4 is 0 Å². The fourth-order valence-electron chi connectivity index (χ4n) is 6.48. The molecule has 1 heterocycles. The lowest BCUT2D eigenvalue weighted by Crippen LogP contribution is -2.14. The lowest BCUT2D eigenvalue weighted by Gasteiger charge is -2.23. The minimum Gasteiger partial charge on any atom is -0.456 e. The second kappa shape index (κ2) is 9.19. The third-order valence-corrected chi connectivity index (χ3v) is 8.57. The summed E-state index contributed by atoms with van der Waals surface area (Å²) in [7, 11) is 0. The number of hydrogen-bond donors (Lipinski definition) is 0. The molecule has 8 aromatic carbocycles. The van der Waals surface area contributed by atoms with Crippen molar-refractivity contribution < 1.29 is 37.3 Å². The largest absolute Gasteiger partial charge is 0.456 e. The lowest BCUT2D eigenvalue weighted by molar-refractivity contribution is 0.660. The van der Waals surface area contributed by atoms with Crippen LogP contribution >= 0.6 is 0 Å². The van der Waals surface area contributed by atoms with E-state index in [1.165, 1.54) is 13.8 Å². The molecule has 0 saturated carbocycles. The highest BCUT2D eigenvalue weighted by Gasteiger charge is 2.35. The molecular formula is C45H30O. The van der Waals surface area contributed by atoms with Crippen LogP contribution in [-0.2, 0) is 5.41 Å². The highest BCUT2D eigenvalue weighted by atomic mass is 16.3. The quantitative estimate of drug-likeness (QED) is 0.177. The molecule has 10 rings (SSSR count). The molecule has 1 heteroatoms. The Bertz CT molecular complexity index is 4000. The Hall–Kier alpha value is -5.66. The van der Waals surface area contributed by atoms with Gasteiger partial charge in [-0.05, 0) is 101 Å². The van der Waals surface area contributed by atoms with E-state index in [2.05, 4.69) is 0 Å². The van der Waals surface area contributed by atoms with Crippen LogP contribution in [-0.4, -0.2) is 0 Å². The number of furan rings is 1. The summed E-state index contributed by atoms with van der Waals surface area (Å²) < 4.78 is 224. The molecule has 0 aliphatic heterocycles. The van der Waals surface area contributed by atoms with Crippen molar-refractivity contribution in [3.8, 4) is 33.4 Å². The molecule has 0 spiro atoms. The first-order valence-corrected chi connectivity index (χ1v) is 14.2. The highest BCUT2D eigenvalue weighted by Crippen LogP contribution is 2.51. The van der Waals surface area contributed by atoms with Gasteiger partial charge in [-0.15, -0.1) is 0 Å². The maximum absolute atomic E-state index is 9.91. The molecule has 9 aromatic rings. The van der Waals surface area contributed by atoms with Crippen LogP contribution in [0.4, 0.5) is 0 Å². The average molecular weight is 611 g/mol. The van der Waals surface area contributed by atoms with Gasteiger partial charge in [0.2, 0.25) is 0 Å². The first-order chi connectivity index (χ1) is 32.6. The first-order valence-electron chi connectivity index (χ1n) is 26.2. The Morgan fingerprint density at radius 3 is 1.72 bits per heavy atom. The van der Waals surface area contributed by atoms with Gasteiger partial charge < -0.3 is 4.42 Å². The van der Waals surface area contributed by atoms with E-state index in [4.69, 9.17) is 23.6 Å². The Morgan fingerprint density at radius 1 is 0.457 bits per heavy atom.